The Kier molecular flexibility index (Phi) is 3.48. The van der Waals surface area contributed by atoms with Crippen LogP contribution in [-0.2, 0) is 0 Å². The third kappa shape index (κ3) is 2.89. The highest BCUT2D eigenvalue weighted by atomic mass is 35.5. The Morgan fingerprint density at radius 3 is 2.92 bits per heavy atom. The number of nitrogens with zero attached hydrogens (tertiary/aromatic N) is 1. The number of rotatable bonds is 2. The topological polar surface area (TPSA) is 30.0 Å². The lowest BCUT2D eigenvalue weighted by molar-refractivity contribution is 0.0998. The Morgan fingerprint density at radius 1 is 1.62 bits per heavy atom. The summed E-state index contributed by atoms with van der Waals surface area (Å²) < 4.78 is 0. The van der Waals surface area contributed by atoms with Crippen molar-refractivity contribution >= 4 is 17.4 Å². The number of carbonyl (C=O) groups is 1. The minimum atomic E-state index is -0.0292. The molecule has 0 saturated heterocycles. The average Bonchev–Trinajstić information content (AvgIpc) is 2.15. The molecule has 0 atom stereocenters. The second-order valence-electron chi connectivity index (χ2n) is 2.40. The van der Waals surface area contributed by atoms with Crippen LogP contribution in [0, 0.1) is 11.8 Å². The van der Waals surface area contributed by atoms with E-state index in [-0.39, 0.29) is 12.2 Å². The SMILES string of the molecule is CC#CCC(=O)c1ccc(Cl)nc1. The Morgan fingerprint density at radius 2 is 2.38 bits per heavy atom. The van der Waals surface area contributed by atoms with E-state index in [1.165, 1.54) is 6.20 Å². The van der Waals surface area contributed by atoms with E-state index in [9.17, 15) is 4.79 Å². The quantitative estimate of drug-likeness (QED) is 0.410. The number of ketones is 1. The van der Waals surface area contributed by atoms with Gasteiger partial charge in [-0.1, -0.05) is 17.5 Å². The van der Waals surface area contributed by atoms with Crippen molar-refractivity contribution in [2.75, 3.05) is 0 Å². The molecule has 0 aliphatic carbocycles. The van der Waals surface area contributed by atoms with Crippen LogP contribution in [0.5, 0.6) is 0 Å². The molecule has 0 fully saturated rings. The van der Waals surface area contributed by atoms with E-state index >= 15 is 0 Å². The van der Waals surface area contributed by atoms with Gasteiger partial charge in [0.1, 0.15) is 5.15 Å². The Bertz CT molecular complexity index is 359. The predicted octanol–water partition coefficient (Wildman–Crippen LogP) is 2.33. The molecular formula is C10H8ClNO. The van der Waals surface area contributed by atoms with Gasteiger partial charge in [-0.15, -0.1) is 5.92 Å². The summed E-state index contributed by atoms with van der Waals surface area (Å²) in [7, 11) is 0. The van der Waals surface area contributed by atoms with E-state index < -0.39 is 0 Å². The lowest BCUT2D eigenvalue weighted by Gasteiger charge is -1.95. The van der Waals surface area contributed by atoms with Gasteiger partial charge in [0.2, 0.25) is 0 Å². The molecule has 0 bridgehead atoms. The molecule has 66 valence electrons. The minimum Gasteiger partial charge on any atom is -0.293 e. The van der Waals surface area contributed by atoms with E-state index in [1.807, 2.05) is 0 Å². The molecule has 0 aromatic carbocycles. The van der Waals surface area contributed by atoms with Gasteiger partial charge in [-0.25, -0.2) is 4.98 Å². The molecular weight excluding hydrogens is 186 g/mol. The highest BCUT2D eigenvalue weighted by molar-refractivity contribution is 6.29. The van der Waals surface area contributed by atoms with Crippen molar-refractivity contribution in [1.29, 1.82) is 0 Å². The predicted molar refractivity (Wildman–Crippen MR) is 51.6 cm³/mol. The fraction of sp³-hybridized carbons (Fsp3) is 0.200. The van der Waals surface area contributed by atoms with Gasteiger partial charge in [-0.3, -0.25) is 4.79 Å². The number of hydrogen-bond donors (Lipinski definition) is 0. The molecule has 1 heterocycles. The first kappa shape index (κ1) is 9.76. The third-order valence-electron chi connectivity index (χ3n) is 1.48. The fourth-order valence-corrected chi connectivity index (χ4v) is 0.923. The van der Waals surface area contributed by atoms with E-state index in [2.05, 4.69) is 16.8 Å². The van der Waals surface area contributed by atoms with Gasteiger partial charge in [-0.05, 0) is 19.1 Å². The number of hydrogen-bond acceptors (Lipinski definition) is 2. The van der Waals surface area contributed by atoms with Gasteiger partial charge < -0.3 is 0 Å². The summed E-state index contributed by atoms with van der Waals surface area (Å²) in [6.07, 6.45) is 1.70. The first-order valence-corrected chi connectivity index (χ1v) is 4.16. The minimum absolute atomic E-state index is 0.0292. The van der Waals surface area contributed by atoms with Gasteiger partial charge in [0.25, 0.3) is 0 Å². The van der Waals surface area contributed by atoms with E-state index in [0.29, 0.717) is 10.7 Å². The maximum absolute atomic E-state index is 11.3. The molecule has 0 radical (unpaired) electrons. The zero-order valence-electron chi connectivity index (χ0n) is 7.17. The van der Waals surface area contributed by atoms with Crippen molar-refractivity contribution in [3.63, 3.8) is 0 Å². The first-order chi connectivity index (χ1) is 6.24. The summed E-state index contributed by atoms with van der Waals surface area (Å²) >= 11 is 5.57. The van der Waals surface area contributed by atoms with Gasteiger partial charge in [0, 0.05) is 11.8 Å². The van der Waals surface area contributed by atoms with Crippen molar-refractivity contribution in [2.24, 2.45) is 0 Å². The monoisotopic (exact) mass is 193 g/mol. The second-order valence-corrected chi connectivity index (χ2v) is 2.78. The normalized spacial score (nSPS) is 8.77. The molecule has 1 rings (SSSR count). The maximum atomic E-state index is 11.3. The largest absolute Gasteiger partial charge is 0.293 e. The highest BCUT2D eigenvalue weighted by Gasteiger charge is 2.03. The van der Waals surface area contributed by atoms with Crippen molar-refractivity contribution in [2.45, 2.75) is 13.3 Å². The number of aromatic nitrogens is 1. The molecule has 0 saturated carbocycles. The molecule has 3 heteroatoms. The second kappa shape index (κ2) is 4.64. The van der Waals surface area contributed by atoms with Gasteiger partial charge >= 0.3 is 0 Å². The van der Waals surface area contributed by atoms with Gasteiger partial charge in [0.15, 0.2) is 5.78 Å². The zero-order chi connectivity index (χ0) is 9.68. The van der Waals surface area contributed by atoms with Crippen molar-refractivity contribution < 1.29 is 4.79 Å². The summed E-state index contributed by atoms with van der Waals surface area (Å²) in [5.41, 5.74) is 0.548. The molecule has 0 amide bonds. The van der Waals surface area contributed by atoms with Gasteiger partial charge in [-0.2, -0.15) is 0 Å². The standard InChI is InChI=1S/C10H8ClNO/c1-2-3-4-9(13)8-5-6-10(11)12-7-8/h5-7H,4H2,1H3. The first-order valence-electron chi connectivity index (χ1n) is 3.78. The third-order valence-corrected chi connectivity index (χ3v) is 1.70. The van der Waals surface area contributed by atoms with Crippen LogP contribution in [0.25, 0.3) is 0 Å². The molecule has 1 aromatic rings. The van der Waals surface area contributed by atoms with E-state index in [1.54, 1.807) is 19.1 Å². The Hall–Kier alpha value is -1.33. The fourth-order valence-electron chi connectivity index (χ4n) is 0.811. The number of Topliss-reactive ketones (excluding diaryl/α,β-unsaturated/α-hetero) is 1. The molecule has 0 unspecified atom stereocenters. The van der Waals surface area contributed by atoms with Crippen LogP contribution in [-0.4, -0.2) is 10.8 Å². The van der Waals surface area contributed by atoms with Crippen LogP contribution < -0.4 is 0 Å². The van der Waals surface area contributed by atoms with Crippen molar-refractivity contribution in [3.05, 3.63) is 29.0 Å². The summed E-state index contributed by atoms with van der Waals surface area (Å²) in [6, 6.07) is 3.24. The molecule has 13 heavy (non-hydrogen) atoms. The zero-order valence-corrected chi connectivity index (χ0v) is 7.93. The molecule has 0 N–H and O–H groups in total. The summed E-state index contributed by atoms with van der Waals surface area (Å²) in [4.78, 5) is 15.1. The Labute approximate surface area is 81.9 Å². The highest BCUT2D eigenvalue weighted by Crippen LogP contribution is 2.06. The molecule has 0 aliphatic heterocycles. The van der Waals surface area contributed by atoms with Gasteiger partial charge in [0.05, 0.1) is 6.42 Å². The van der Waals surface area contributed by atoms with Crippen LogP contribution >= 0.6 is 11.6 Å². The molecule has 0 aliphatic rings. The number of pyridine rings is 1. The van der Waals surface area contributed by atoms with Crippen LogP contribution in [0.1, 0.15) is 23.7 Å². The van der Waals surface area contributed by atoms with Crippen LogP contribution in [0.4, 0.5) is 0 Å². The number of halogens is 1. The van der Waals surface area contributed by atoms with E-state index in [0.717, 1.165) is 0 Å². The lowest BCUT2D eigenvalue weighted by atomic mass is 10.1. The summed E-state index contributed by atoms with van der Waals surface area (Å²) in [5.74, 6) is 5.33. The molecule has 2 nitrogen and oxygen atoms in total. The average molecular weight is 194 g/mol. The van der Waals surface area contributed by atoms with E-state index in [4.69, 9.17) is 11.6 Å². The summed E-state index contributed by atoms with van der Waals surface area (Å²) in [6.45, 7) is 1.70. The smallest absolute Gasteiger partial charge is 0.176 e. The Balaban J connectivity index is 2.76. The van der Waals surface area contributed by atoms with Crippen LogP contribution in [0.3, 0.4) is 0 Å². The number of carbonyl (C=O) groups excluding carboxylic acids is 1. The summed E-state index contributed by atoms with van der Waals surface area (Å²) in [5, 5.41) is 0.387. The molecule has 0 spiro atoms. The van der Waals surface area contributed by atoms with Crippen molar-refractivity contribution in [3.8, 4) is 11.8 Å². The maximum Gasteiger partial charge on any atom is 0.176 e. The van der Waals surface area contributed by atoms with Crippen LogP contribution in [0.15, 0.2) is 18.3 Å². The molecule has 1 aromatic heterocycles. The van der Waals surface area contributed by atoms with Crippen molar-refractivity contribution in [1.82, 2.24) is 4.98 Å². The van der Waals surface area contributed by atoms with Crippen LogP contribution in [0.2, 0.25) is 5.15 Å². The lowest BCUT2D eigenvalue weighted by Crippen LogP contribution is -1.97.